The van der Waals surface area contributed by atoms with Crippen molar-refractivity contribution in [1.29, 1.82) is 0 Å². The zero-order valence-corrected chi connectivity index (χ0v) is 23.9. The van der Waals surface area contributed by atoms with Crippen LogP contribution in [-0.4, -0.2) is 56.4 Å². The van der Waals surface area contributed by atoms with Gasteiger partial charge >= 0.3 is 5.97 Å². The number of carbonyl (C=O) groups is 1. The number of ether oxygens (including phenoxy) is 3. The van der Waals surface area contributed by atoms with Crippen molar-refractivity contribution in [2.24, 2.45) is 5.92 Å². The van der Waals surface area contributed by atoms with Gasteiger partial charge in [0.05, 0.1) is 25.9 Å². The molecule has 0 radical (unpaired) electrons. The van der Waals surface area contributed by atoms with Crippen molar-refractivity contribution in [3.05, 3.63) is 76.9 Å². The normalized spacial score (nSPS) is 18.8. The first kappa shape index (κ1) is 28.0. The largest absolute Gasteiger partial charge is 0.493 e. The maximum atomic E-state index is 11.8. The van der Waals surface area contributed by atoms with Gasteiger partial charge in [0.2, 0.25) is 10.0 Å². The first-order chi connectivity index (χ1) is 19.1. The average molecular weight is 566 g/mol. The van der Waals surface area contributed by atoms with Gasteiger partial charge in [0, 0.05) is 36.6 Å². The van der Waals surface area contributed by atoms with Crippen LogP contribution in [0.25, 0.3) is 11.1 Å². The molecule has 3 aromatic carbocycles. The third-order valence-electron chi connectivity index (χ3n) is 7.62. The number of hydrogen-bond donors (Lipinski definition) is 1. The number of hydrogen-bond acceptors (Lipinski definition) is 6. The third-order valence-corrected chi connectivity index (χ3v) is 8.89. The summed E-state index contributed by atoms with van der Waals surface area (Å²) < 4.78 is 42.9. The molecule has 40 heavy (non-hydrogen) atoms. The molecule has 1 unspecified atom stereocenters. The molecule has 1 saturated heterocycles. The molecule has 0 saturated carbocycles. The Morgan fingerprint density at radius 3 is 2.52 bits per heavy atom. The molecule has 8 nitrogen and oxygen atoms in total. The van der Waals surface area contributed by atoms with Gasteiger partial charge in [-0.15, -0.1) is 0 Å². The van der Waals surface area contributed by atoms with Crippen LogP contribution in [0.2, 0.25) is 0 Å². The van der Waals surface area contributed by atoms with E-state index >= 15 is 0 Å². The van der Waals surface area contributed by atoms with Crippen molar-refractivity contribution in [3.8, 4) is 28.4 Å². The van der Waals surface area contributed by atoms with E-state index in [9.17, 15) is 13.2 Å². The van der Waals surface area contributed by atoms with Crippen LogP contribution >= 0.6 is 0 Å². The Morgan fingerprint density at radius 1 is 1.05 bits per heavy atom. The summed E-state index contributed by atoms with van der Waals surface area (Å²) >= 11 is 0. The summed E-state index contributed by atoms with van der Waals surface area (Å²) in [6, 6.07) is 17.9. The first-order valence-electron chi connectivity index (χ1n) is 13.5. The molecule has 212 valence electrons. The van der Waals surface area contributed by atoms with Crippen molar-refractivity contribution in [2.75, 3.05) is 32.6 Å². The van der Waals surface area contributed by atoms with E-state index in [4.69, 9.17) is 19.3 Å². The van der Waals surface area contributed by atoms with Crippen LogP contribution in [0.1, 0.15) is 41.0 Å². The number of carboxylic acids is 1. The molecular weight excluding hydrogens is 530 g/mol. The van der Waals surface area contributed by atoms with E-state index in [1.54, 1.807) is 0 Å². The van der Waals surface area contributed by atoms with Gasteiger partial charge in [-0.3, -0.25) is 4.79 Å². The maximum Gasteiger partial charge on any atom is 0.304 e. The molecule has 0 spiro atoms. The van der Waals surface area contributed by atoms with E-state index in [0.717, 1.165) is 45.6 Å². The van der Waals surface area contributed by atoms with E-state index in [-0.39, 0.29) is 18.3 Å². The summed E-state index contributed by atoms with van der Waals surface area (Å²) in [5, 5.41) is 9.11. The zero-order chi connectivity index (χ0) is 28.4. The smallest absolute Gasteiger partial charge is 0.304 e. The van der Waals surface area contributed by atoms with Crippen LogP contribution < -0.4 is 14.2 Å². The first-order valence-corrected chi connectivity index (χ1v) is 15.3. The number of aliphatic carboxylic acids is 1. The Labute approximate surface area is 235 Å². The van der Waals surface area contributed by atoms with Gasteiger partial charge in [-0.05, 0) is 72.4 Å². The molecule has 5 rings (SSSR count). The molecule has 2 atom stereocenters. The molecule has 0 bridgehead atoms. The van der Waals surface area contributed by atoms with Gasteiger partial charge in [0.1, 0.15) is 23.9 Å². The van der Waals surface area contributed by atoms with Crippen molar-refractivity contribution < 1.29 is 32.5 Å². The molecule has 0 aliphatic carbocycles. The Balaban J connectivity index is 1.22. The molecule has 2 aliphatic heterocycles. The summed E-state index contributed by atoms with van der Waals surface area (Å²) in [4.78, 5) is 11.1. The third kappa shape index (κ3) is 6.42. The predicted octanol–water partition coefficient (Wildman–Crippen LogP) is 5.16. The number of carboxylic acid groups (broad SMARTS) is 1. The van der Waals surface area contributed by atoms with Gasteiger partial charge in [-0.25, -0.2) is 12.7 Å². The highest BCUT2D eigenvalue weighted by Gasteiger charge is 2.29. The number of rotatable bonds is 10. The summed E-state index contributed by atoms with van der Waals surface area (Å²) in [6.45, 7) is 6.45. The molecule has 0 aromatic heterocycles. The lowest BCUT2D eigenvalue weighted by Crippen LogP contribution is -2.28. The second-order valence-electron chi connectivity index (χ2n) is 10.8. The quantitative estimate of drug-likeness (QED) is 0.362. The number of sulfonamides is 1. The van der Waals surface area contributed by atoms with Crippen molar-refractivity contribution >= 4 is 16.0 Å². The minimum absolute atomic E-state index is 0.0522. The van der Waals surface area contributed by atoms with E-state index < -0.39 is 16.0 Å². The number of nitrogens with zero attached hydrogens (tertiary/aromatic N) is 1. The van der Waals surface area contributed by atoms with Gasteiger partial charge < -0.3 is 19.3 Å². The fourth-order valence-corrected chi connectivity index (χ4v) is 6.54. The molecule has 2 aliphatic rings. The Morgan fingerprint density at radius 2 is 1.82 bits per heavy atom. The lowest BCUT2D eigenvalue weighted by Gasteiger charge is -2.17. The highest BCUT2D eigenvalue weighted by molar-refractivity contribution is 7.88. The van der Waals surface area contributed by atoms with Crippen molar-refractivity contribution in [2.45, 2.75) is 39.2 Å². The Bertz CT molecular complexity index is 1490. The fourth-order valence-electron chi connectivity index (χ4n) is 5.62. The summed E-state index contributed by atoms with van der Waals surface area (Å²) in [6.07, 6.45) is 2.11. The molecular formula is C31H35NO7S. The number of fused-ring (bicyclic) bond motifs is 1. The number of aryl methyl sites for hydroxylation is 2. The van der Waals surface area contributed by atoms with Gasteiger partial charge in [-0.1, -0.05) is 24.3 Å². The predicted molar refractivity (Wildman–Crippen MR) is 153 cm³/mol. The second kappa shape index (κ2) is 11.5. The topological polar surface area (TPSA) is 102 Å². The molecule has 1 N–H and O–H groups in total. The molecule has 1 fully saturated rings. The summed E-state index contributed by atoms with van der Waals surface area (Å²) in [5.41, 5.74) is 6.38. The van der Waals surface area contributed by atoms with Crippen LogP contribution in [-0.2, 0) is 21.4 Å². The average Bonchev–Trinajstić information content (AvgIpc) is 3.53. The summed E-state index contributed by atoms with van der Waals surface area (Å²) in [5.74, 6) is 1.38. The molecule has 0 amide bonds. The lowest BCUT2D eigenvalue weighted by atomic mass is 9.94. The SMILES string of the molecule is Cc1cc(OC[C@@H]2CCN(S(C)(=O)=O)C2)cc(C)c1-c1cccc(COc2ccc3c(c2)OCC3CC(=O)O)c1. The lowest BCUT2D eigenvalue weighted by molar-refractivity contribution is -0.137. The van der Waals surface area contributed by atoms with Crippen LogP contribution in [0.3, 0.4) is 0 Å². The van der Waals surface area contributed by atoms with Gasteiger partial charge in [0.25, 0.3) is 0 Å². The second-order valence-corrected chi connectivity index (χ2v) is 12.8. The molecule has 3 aromatic rings. The highest BCUT2D eigenvalue weighted by atomic mass is 32.2. The van der Waals surface area contributed by atoms with Crippen LogP contribution in [0.5, 0.6) is 17.2 Å². The minimum Gasteiger partial charge on any atom is -0.493 e. The van der Waals surface area contributed by atoms with Crippen LogP contribution in [0.4, 0.5) is 0 Å². The summed E-state index contributed by atoms with van der Waals surface area (Å²) in [7, 11) is -3.15. The highest BCUT2D eigenvalue weighted by Crippen LogP contribution is 2.38. The van der Waals surface area contributed by atoms with E-state index in [0.29, 0.717) is 44.4 Å². The fraction of sp³-hybridized carbons (Fsp3) is 0.387. The number of benzene rings is 3. The van der Waals surface area contributed by atoms with Crippen LogP contribution in [0, 0.1) is 19.8 Å². The van der Waals surface area contributed by atoms with Crippen molar-refractivity contribution in [1.82, 2.24) is 4.31 Å². The van der Waals surface area contributed by atoms with E-state index in [1.165, 1.54) is 10.6 Å². The van der Waals surface area contributed by atoms with Gasteiger partial charge in [-0.2, -0.15) is 0 Å². The van der Waals surface area contributed by atoms with E-state index in [1.807, 2.05) is 42.5 Å². The zero-order valence-electron chi connectivity index (χ0n) is 23.1. The van der Waals surface area contributed by atoms with Gasteiger partial charge in [0.15, 0.2) is 0 Å². The van der Waals surface area contributed by atoms with Crippen LogP contribution in [0.15, 0.2) is 54.6 Å². The Kier molecular flexibility index (Phi) is 8.05. The van der Waals surface area contributed by atoms with Crippen molar-refractivity contribution in [3.63, 3.8) is 0 Å². The molecule has 9 heteroatoms. The van der Waals surface area contributed by atoms with E-state index in [2.05, 4.69) is 26.0 Å². The monoisotopic (exact) mass is 565 g/mol. The maximum absolute atomic E-state index is 11.8. The molecule has 2 heterocycles. The standard InChI is InChI=1S/C31H35NO7S/c1-20-11-27(38-18-23-9-10-32(16-23)40(3,35)36)12-21(2)31(20)24-6-4-5-22(13-24)17-37-26-7-8-28-25(14-30(33)34)19-39-29(28)15-26/h4-8,11-13,15,23,25H,9-10,14,16-19H2,1-3H3,(H,33,34)/t23-,25?/m1/s1. The minimum atomic E-state index is -3.15. The Hall–Kier alpha value is -3.56.